The lowest BCUT2D eigenvalue weighted by Crippen LogP contribution is -2.14. The van der Waals surface area contributed by atoms with Gasteiger partial charge >= 0.3 is 5.24 Å². The van der Waals surface area contributed by atoms with Crippen molar-refractivity contribution in [3.8, 4) is 0 Å². The summed E-state index contributed by atoms with van der Waals surface area (Å²) in [5.41, 5.74) is 0.537. The standard InChI is InChI=1S/C9H9Cl2N3O3S/c1-4(15)13-8-5(14-9(11)18-8)2-3-17-7(12)6(10)16/h12H,2-3H2,1H3,(H,13,15). The van der Waals surface area contributed by atoms with Gasteiger partial charge in [-0.25, -0.2) is 4.98 Å². The predicted octanol–water partition coefficient (Wildman–Crippen LogP) is 2.06. The minimum atomic E-state index is -0.964. The number of anilines is 1. The van der Waals surface area contributed by atoms with Gasteiger partial charge in [-0.1, -0.05) is 22.9 Å². The average Bonchev–Trinajstić information content (AvgIpc) is 2.57. The Labute approximate surface area is 117 Å². The zero-order chi connectivity index (χ0) is 13.7. The number of thiazole rings is 1. The van der Waals surface area contributed by atoms with Crippen molar-refractivity contribution in [2.75, 3.05) is 11.9 Å². The van der Waals surface area contributed by atoms with Gasteiger partial charge in [0.2, 0.25) is 5.91 Å². The number of ether oxygens (including phenoxy) is 1. The van der Waals surface area contributed by atoms with Crippen LogP contribution >= 0.6 is 34.5 Å². The Morgan fingerprint density at radius 2 is 2.22 bits per heavy atom. The average molecular weight is 310 g/mol. The summed E-state index contributed by atoms with van der Waals surface area (Å²) >= 11 is 11.9. The van der Waals surface area contributed by atoms with Crippen LogP contribution in [0.4, 0.5) is 5.00 Å². The van der Waals surface area contributed by atoms with E-state index in [9.17, 15) is 9.59 Å². The van der Waals surface area contributed by atoms with Crippen molar-refractivity contribution in [1.29, 1.82) is 5.41 Å². The van der Waals surface area contributed by atoms with E-state index in [0.29, 0.717) is 17.1 Å². The van der Waals surface area contributed by atoms with Gasteiger partial charge in [-0.2, -0.15) is 0 Å². The monoisotopic (exact) mass is 309 g/mol. The molecule has 2 N–H and O–H groups in total. The number of aromatic nitrogens is 1. The van der Waals surface area contributed by atoms with Gasteiger partial charge < -0.3 is 10.1 Å². The van der Waals surface area contributed by atoms with Crippen LogP contribution in [0, 0.1) is 5.41 Å². The van der Waals surface area contributed by atoms with Crippen LogP contribution in [0.2, 0.25) is 4.47 Å². The lowest BCUT2D eigenvalue weighted by atomic mass is 10.3. The van der Waals surface area contributed by atoms with E-state index in [-0.39, 0.29) is 17.0 Å². The van der Waals surface area contributed by atoms with Gasteiger partial charge in [0.1, 0.15) is 5.00 Å². The summed E-state index contributed by atoms with van der Waals surface area (Å²) in [5, 5.41) is 9.21. The van der Waals surface area contributed by atoms with Crippen LogP contribution in [0.5, 0.6) is 0 Å². The molecule has 1 aromatic rings. The highest BCUT2D eigenvalue weighted by Crippen LogP contribution is 2.28. The Morgan fingerprint density at radius 1 is 1.56 bits per heavy atom. The lowest BCUT2D eigenvalue weighted by molar-refractivity contribution is -0.114. The highest BCUT2D eigenvalue weighted by atomic mass is 35.5. The number of rotatable bonds is 5. The summed E-state index contributed by atoms with van der Waals surface area (Å²) in [6.45, 7) is 1.42. The van der Waals surface area contributed by atoms with Crippen molar-refractivity contribution in [3.63, 3.8) is 0 Å². The smallest absolute Gasteiger partial charge is 0.306 e. The van der Waals surface area contributed by atoms with E-state index < -0.39 is 11.1 Å². The molecular formula is C9H9Cl2N3O3S. The van der Waals surface area contributed by atoms with E-state index in [1.165, 1.54) is 6.92 Å². The molecule has 0 aliphatic heterocycles. The first kappa shape index (κ1) is 14.9. The fourth-order valence-electron chi connectivity index (χ4n) is 1.06. The first-order chi connectivity index (χ1) is 8.40. The molecular weight excluding hydrogens is 301 g/mol. The molecule has 0 saturated carbocycles. The van der Waals surface area contributed by atoms with Crippen LogP contribution in [-0.2, 0) is 20.7 Å². The number of amides is 1. The van der Waals surface area contributed by atoms with Crippen molar-refractivity contribution in [1.82, 2.24) is 4.98 Å². The van der Waals surface area contributed by atoms with Gasteiger partial charge in [0, 0.05) is 13.3 Å². The maximum atomic E-state index is 10.9. The van der Waals surface area contributed by atoms with Gasteiger partial charge in [0.25, 0.3) is 5.90 Å². The number of carbonyl (C=O) groups is 2. The summed E-state index contributed by atoms with van der Waals surface area (Å²) in [7, 11) is 0. The van der Waals surface area contributed by atoms with Crippen LogP contribution in [-0.4, -0.2) is 28.6 Å². The normalized spacial score (nSPS) is 9.94. The van der Waals surface area contributed by atoms with Gasteiger partial charge in [-0.3, -0.25) is 15.0 Å². The van der Waals surface area contributed by atoms with E-state index in [2.05, 4.69) is 10.3 Å². The number of hydrogen-bond acceptors (Lipinski definition) is 6. The molecule has 0 aliphatic rings. The van der Waals surface area contributed by atoms with Crippen molar-refractivity contribution in [2.24, 2.45) is 0 Å². The molecule has 9 heteroatoms. The molecule has 0 aliphatic carbocycles. The van der Waals surface area contributed by atoms with Crippen LogP contribution < -0.4 is 5.32 Å². The van der Waals surface area contributed by atoms with Crippen LogP contribution in [0.1, 0.15) is 12.6 Å². The summed E-state index contributed by atoms with van der Waals surface area (Å²) in [6, 6.07) is 0. The molecule has 1 rings (SSSR count). The predicted molar refractivity (Wildman–Crippen MR) is 69.7 cm³/mol. The molecule has 0 bridgehead atoms. The van der Waals surface area contributed by atoms with Crippen LogP contribution in [0.25, 0.3) is 0 Å². The van der Waals surface area contributed by atoms with E-state index in [1.54, 1.807) is 0 Å². The number of nitrogens with zero attached hydrogens (tertiary/aromatic N) is 1. The molecule has 98 valence electrons. The second-order valence-corrected chi connectivity index (χ2v) is 5.05. The molecule has 1 amide bonds. The third-order valence-corrected chi connectivity index (χ3v) is 3.01. The minimum absolute atomic E-state index is 0.0456. The van der Waals surface area contributed by atoms with E-state index in [4.69, 9.17) is 33.3 Å². The lowest BCUT2D eigenvalue weighted by Gasteiger charge is -2.04. The van der Waals surface area contributed by atoms with Crippen molar-refractivity contribution < 1.29 is 14.3 Å². The molecule has 18 heavy (non-hydrogen) atoms. The topological polar surface area (TPSA) is 92.1 Å². The van der Waals surface area contributed by atoms with E-state index >= 15 is 0 Å². The Morgan fingerprint density at radius 3 is 2.78 bits per heavy atom. The molecule has 0 saturated heterocycles. The van der Waals surface area contributed by atoms with Gasteiger partial charge in [-0.05, 0) is 11.6 Å². The van der Waals surface area contributed by atoms with Gasteiger partial charge in [0.05, 0.1) is 12.3 Å². The molecule has 0 radical (unpaired) electrons. The molecule has 0 spiro atoms. The number of halogens is 2. The third-order valence-electron chi connectivity index (χ3n) is 1.72. The summed E-state index contributed by atoms with van der Waals surface area (Å²) in [5.74, 6) is -0.861. The Balaban J connectivity index is 2.58. The summed E-state index contributed by atoms with van der Waals surface area (Å²) in [6.07, 6.45) is 0.297. The number of nitrogens with one attached hydrogen (secondary N) is 2. The maximum absolute atomic E-state index is 10.9. The Bertz CT molecular complexity index is 489. The molecule has 0 atom stereocenters. The summed E-state index contributed by atoms with van der Waals surface area (Å²) < 4.78 is 5.08. The zero-order valence-electron chi connectivity index (χ0n) is 9.25. The molecule has 1 heterocycles. The highest BCUT2D eigenvalue weighted by molar-refractivity contribution is 7.19. The summed E-state index contributed by atoms with van der Waals surface area (Å²) in [4.78, 5) is 25.5. The van der Waals surface area contributed by atoms with Crippen LogP contribution in [0.15, 0.2) is 0 Å². The van der Waals surface area contributed by atoms with Gasteiger partial charge in [0.15, 0.2) is 4.47 Å². The minimum Gasteiger partial charge on any atom is -0.474 e. The van der Waals surface area contributed by atoms with E-state index in [1.807, 2.05) is 0 Å². The van der Waals surface area contributed by atoms with Gasteiger partial charge in [-0.15, -0.1) is 0 Å². The highest BCUT2D eigenvalue weighted by Gasteiger charge is 2.13. The first-order valence-corrected chi connectivity index (χ1v) is 6.31. The van der Waals surface area contributed by atoms with Crippen molar-refractivity contribution in [3.05, 3.63) is 10.2 Å². The van der Waals surface area contributed by atoms with E-state index in [0.717, 1.165) is 11.3 Å². The maximum Gasteiger partial charge on any atom is 0.306 e. The molecule has 0 aromatic carbocycles. The van der Waals surface area contributed by atoms with Crippen LogP contribution in [0.3, 0.4) is 0 Å². The van der Waals surface area contributed by atoms with Crippen molar-refractivity contribution in [2.45, 2.75) is 13.3 Å². The fourth-order valence-corrected chi connectivity index (χ4v) is 2.23. The van der Waals surface area contributed by atoms with Crippen molar-refractivity contribution >= 4 is 56.6 Å². The second kappa shape index (κ2) is 6.67. The number of carbonyl (C=O) groups excluding carboxylic acids is 2. The molecule has 0 unspecified atom stereocenters. The molecule has 6 nitrogen and oxygen atoms in total. The largest absolute Gasteiger partial charge is 0.474 e. The molecule has 0 fully saturated rings. The SMILES string of the molecule is CC(=O)Nc1sc(Cl)nc1CCOC(=N)C(=O)Cl. The molecule has 1 aromatic heterocycles. The number of hydrogen-bond donors (Lipinski definition) is 2. The Hall–Kier alpha value is -1.18. The quantitative estimate of drug-likeness (QED) is 0.494. The fraction of sp³-hybridized carbons (Fsp3) is 0.333. The second-order valence-electron chi connectivity index (χ2n) is 3.13. The third kappa shape index (κ3) is 4.59. The Kier molecular flexibility index (Phi) is 5.52. The first-order valence-electron chi connectivity index (χ1n) is 4.74. The zero-order valence-corrected chi connectivity index (χ0v) is 11.6.